The number of carbonyl (C=O) groups excluding carboxylic acids is 1. The van der Waals surface area contributed by atoms with Gasteiger partial charge in [-0.15, -0.1) is 0 Å². The summed E-state index contributed by atoms with van der Waals surface area (Å²) < 4.78 is 0. The average Bonchev–Trinajstić information content (AvgIpc) is 2.08. The van der Waals surface area contributed by atoms with Gasteiger partial charge in [0, 0.05) is 13.6 Å². The highest BCUT2D eigenvalue weighted by Gasteiger charge is 2.24. The van der Waals surface area contributed by atoms with Crippen molar-refractivity contribution in [2.45, 2.75) is 45.6 Å². The first kappa shape index (κ1) is 12.5. The minimum absolute atomic E-state index is 0.107. The Balaban J connectivity index is 2.30. The molecule has 15 heavy (non-hydrogen) atoms. The molecule has 1 saturated carbocycles. The lowest BCUT2D eigenvalue weighted by molar-refractivity contribution is -0.132. The Labute approximate surface area is 93.0 Å². The second-order valence-corrected chi connectivity index (χ2v) is 5.25. The highest BCUT2D eigenvalue weighted by molar-refractivity contribution is 5.81. The van der Waals surface area contributed by atoms with Crippen LogP contribution in [0.3, 0.4) is 0 Å². The van der Waals surface area contributed by atoms with E-state index in [0.717, 1.165) is 18.9 Å². The van der Waals surface area contributed by atoms with Gasteiger partial charge in [0.25, 0.3) is 0 Å². The van der Waals surface area contributed by atoms with Crippen molar-refractivity contribution in [3.63, 3.8) is 0 Å². The highest BCUT2D eigenvalue weighted by Crippen LogP contribution is 2.26. The lowest BCUT2D eigenvalue weighted by Gasteiger charge is -2.31. The van der Waals surface area contributed by atoms with Gasteiger partial charge < -0.3 is 10.6 Å². The third-order valence-electron chi connectivity index (χ3n) is 3.18. The van der Waals surface area contributed by atoms with Gasteiger partial charge in [-0.25, -0.2) is 0 Å². The van der Waals surface area contributed by atoms with E-state index in [9.17, 15) is 4.79 Å². The largest absolute Gasteiger partial charge is 0.344 e. The molecule has 0 aromatic rings. The molecule has 0 aliphatic heterocycles. The highest BCUT2D eigenvalue weighted by atomic mass is 16.2. The predicted molar refractivity (Wildman–Crippen MR) is 62.4 cm³/mol. The number of rotatable bonds is 5. The molecule has 0 unspecified atom stereocenters. The van der Waals surface area contributed by atoms with Gasteiger partial charge in [0.05, 0.1) is 6.04 Å². The fourth-order valence-corrected chi connectivity index (χ4v) is 2.04. The molecule has 0 spiro atoms. The van der Waals surface area contributed by atoms with Crippen molar-refractivity contribution in [1.29, 1.82) is 0 Å². The van der Waals surface area contributed by atoms with Gasteiger partial charge in [-0.2, -0.15) is 0 Å². The molecule has 0 bridgehead atoms. The summed E-state index contributed by atoms with van der Waals surface area (Å²) in [6.07, 6.45) is 4.66. The van der Waals surface area contributed by atoms with E-state index in [2.05, 4.69) is 13.8 Å². The van der Waals surface area contributed by atoms with E-state index < -0.39 is 0 Å². The first-order valence-electron chi connectivity index (χ1n) is 6.01. The fourth-order valence-electron chi connectivity index (χ4n) is 2.04. The fraction of sp³-hybridized carbons (Fsp3) is 0.917. The van der Waals surface area contributed by atoms with E-state index in [-0.39, 0.29) is 11.9 Å². The maximum atomic E-state index is 11.9. The summed E-state index contributed by atoms with van der Waals surface area (Å²) in [5.41, 5.74) is 5.86. The van der Waals surface area contributed by atoms with E-state index in [1.54, 1.807) is 0 Å². The summed E-state index contributed by atoms with van der Waals surface area (Å²) in [7, 11) is 1.88. The molecule has 3 heteroatoms. The van der Waals surface area contributed by atoms with Crippen LogP contribution in [0.2, 0.25) is 0 Å². The van der Waals surface area contributed by atoms with Crippen LogP contribution in [0.1, 0.15) is 39.5 Å². The van der Waals surface area contributed by atoms with Crippen LogP contribution in [-0.4, -0.2) is 30.4 Å². The Morgan fingerprint density at radius 2 is 2.07 bits per heavy atom. The zero-order valence-corrected chi connectivity index (χ0v) is 10.2. The average molecular weight is 212 g/mol. The smallest absolute Gasteiger partial charge is 0.239 e. The zero-order chi connectivity index (χ0) is 11.4. The van der Waals surface area contributed by atoms with E-state index in [1.165, 1.54) is 19.3 Å². The first-order valence-corrected chi connectivity index (χ1v) is 6.01. The number of likely N-dealkylation sites (N-methyl/N-ethyl adjacent to an activating group) is 1. The number of amides is 1. The monoisotopic (exact) mass is 212 g/mol. The Kier molecular flexibility index (Phi) is 4.58. The van der Waals surface area contributed by atoms with Crippen molar-refractivity contribution < 1.29 is 4.79 Å². The second-order valence-electron chi connectivity index (χ2n) is 5.25. The molecule has 1 amide bonds. The molecule has 88 valence electrons. The minimum atomic E-state index is -0.310. The van der Waals surface area contributed by atoms with Crippen LogP contribution in [0.5, 0.6) is 0 Å². The van der Waals surface area contributed by atoms with E-state index in [1.807, 2.05) is 11.9 Å². The van der Waals surface area contributed by atoms with Gasteiger partial charge in [-0.1, -0.05) is 20.3 Å². The van der Waals surface area contributed by atoms with Crippen molar-refractivity contribution in [1.82, 2.24) is 4.90 Å². The van der Waals surface area contributed by atoms with Gasteiger partial charge in [-0.05, 0) is 31.1 Å². The number of nitrogens with zero attached hydrogens (tertiary/aromatic N) is 1. The molecular weight excluding hydrogens is 188 g/mol. The Morgan fingerprint density at radius 1 is 1.47 bits per heavy atom. The van der Waals surface area contributed by atoms with Gasteiger partial charge in [0.1, 0.15) is 0 Å². The molecule has 0 aromatic heterocycles. The molecule has 3 nitrogen and oxygen atoms in total. The van der Waals surface area contributed by atoms with Crippen molar-refractivity contribution in [3.8, 4) is 0 Å². The van der Waals surface area contributed by atoms with Crippen LogP contribution >= 0.6 is 0 Å². The third kappa shape index (κ3) is 3.82. The summed E-state index contributed by atoms with van der Waals surface area (Å²) in [6.45, 7) is 5.09. The van der Waals surface area contributed by atoms with Crippen molar-refractivity contribution in [2.24, 2.45) is 17.6 Å². The topological polar surface area (TPSA) is 46.3 Å². The number of carbonyl (C=O) groups is 1. The minimum Gasteiger partial charge on any atom is -0.344 e. The SMILES string of the molecule is CC(C)C[C@H](N)C(=O)N(C)CC1CCC1. The first-order chi connectivity index (χ1) is 7.00. The quantitative estimate of drug-likeness (QED) is 0.752. The summed E-state index contributed by atoms with van der Waals surface area (Å²) in [4.78, 5) is 13.7. The molecule has 0 radical (unpaired) electrons. The molecule has 1 aliphatic rings. The maximum absolute atomic E-state index is 11.9. The van der Waals surface area contributed by atoms with E-state index >= 15 is 0 Å². The van der Waals surface area contributed by atoms with Crippen molar-refractivity contribution in [2.75, 3.05) is 13.6 Å². The maximum Gasteiger partial charge on any atom is 0.239 e. The summed E-state index contributed by atoms with van der Waals surface area (Å²) in [5, 5.41) is 0. The normalized spacial score (nSPS) is 18.7. The molecule has 1 atom stereocenters. The van der Waals surface area contributed by atoms with Crippen molar-refractivity contribution in [3.05, 3.63) is 0 Å². The molecule has 2 N–H and O–H groups in total. The van der Waals surface area contributed by atoms with Crippen LogP contribution < -0.4 is 5.73 Å². The predicted octanol–water partition coefficient (Wildman–Crippen LogP) is 1.62. The lowest BCUT2D eigenvalue weighted by atomic mass is 9.85. The van der Waals surface area contributed by atoms with Crippen LogP contribution in [0, 0.1) is 11.8 Å². The molecule has 0 aromatic carbocycles. The summed E-state index contributed by atoms with van der Waals surface area (Å²) >= 11 is 0. The van der Waals surface area contributed by atoms with Gasteiger partial charge in [0.15, 0.2) is 0 Å². The summed E-state index contributed by atoms with van der Waals surface area (Å²) in [5.74, 6) is 1.32. The second kappa shape index (κ2) is 5.50. The van der Waals surface area contributed by atoms with Crippen LogP contribution in [0.4, 0.5) is 0 Å². The molecule has 1 aliphatic carbocycles. The lowest BCUT2D eigenvalue weighted by Crippen LogP contribution is -2.44. The summed E-state index contributed by atoms with van der Waals surface area (Å²) in [6, 6.07) is -0.310. The molecular formula is C12H24N2O. The zero-order valence-electron chi connectivity index (χ0n) is 10.2. The van der Waals surface area contributed by atoms with Crippen LogP contribution in [-0.2, 0) is 4.79 Å². The number of nitrogens with two attached hydrogens (primary N) is 1. The Hall–Kier alpha value is -0.570. The standard InChI is InChI=1S/C12H24N2O/c1-9(2)7-11(13)12(15)14(3)8-10-5-4-6-10/h9-11H,4-8,13H2,1-3H3/t11-/m0/s1. The molecule has 1 rings (SSSR count). The molecule has 0 saturated heterocycles. The van der Waals surface area contributed by atoms with Gasteiger partial charge >= 0.3 is 0 Å². The van der Waals surface area contributed by atoms with Crippen LogP contribution in [0.25, 0.3) is 0 Å². The van der Waals surface area contributed by atoms with E-state index in [0.29, 0.717) is 5.92 Å². The number of hydrogen-bond acceptors (Lipinski definition) is 2. The van der Waals surface area contributed by atoms with E-state index in [4.69, 9.17) is 5.73 Å². The Bertz CT molecular complexity index is 212. The van der Waals surface area contributed by atoms with Crippen LogP contribution in [0.15, 0.2) is 0 Å². The Morgan fingerprint density at radius 3 is 2.47 bits per heavy atom. The molecule has 0 heterocycles. The van der Waals surface area contributed by atoms with Gasteiger partial charge in [-0.3, -0.25) is 4.79 Å². The third-order valence-corrected chi connectivity index (χ3v) is 3.18. The number of hydrogen-bond donors (Lipinski definition) is 1. The van der Waals surface area contributed by atoms with Crippen molar-refractivity contribution >= 4 is 5.91 Å². The van der Waals surface area contributed by atoms with Gasteiger partial charge in [0.2, 0.25) is 5.91 Å². The molecule has 1 fully saturated rings.